The predicted octanol–water partition coefficient (Wildman–Crippen LogP) is 8.97. The van der Waals surface area contributed by atoms with Gasteiger partial charge in [0, 0.05) is 21.8 Å². The highest BCUT2D eigenvalue weighted by molar-refractivity contribution is 8.37. The van der Waals surface area contributed by atoms with Crippen LogP contribution in [0, 0.1) is 0 Å². The minimum Gasteiger partial charge on any atom is -0.150 e. The summed E-state index contributed by atoms with van der Waals surface area (Å²) in [5.41, 5.74) is -15.4. The minimum absolute atomic E-state index is 1.13. The normalized spacial score (nSPS) is 15.2. The van der Waals surface area contributed by atoms with Crippen LogP contribution >= 0.6 is 99.7 Å². The molecule has 2 aromatic rings. The third kappa shape index (κ3) is 5.36. The molecule has 0 saturated carbocycles. The summed E-state index contributed by atoms with van der Waals surface area (Å²) in [6.07, 6.45) is 0. The van der Waals surface area contributed by atoms with Crippen LogP contribution in [0.15, 0.2) is 60.7 Å². The Bertz CT molecular complexity index is 1010. The van der Waals surface area contributed by atoms with Gasteiger partial charge in [0.25, 0.3) is 11.5 Å². The van der Waals surface area contributed by atoms with Gasteiger partial charge in [0.15, 0.2) is 0 Å². The van der Waals surface area contributed by atoms with E-state index in [-0.39, 0.29) is 0 Å². The molecule has 2 aromatic carbocycles. The second-order valence-corrected chi connectivity index (χ2v) is 111. The molecule has 36 heavy (non-hydrogen) atoms. The van der Waals surface area contributed by atoms with Crippen molar-refractivity contribution in [2.75, 3.05) is 0 Å². The molecule has 202 valence electrons. The summed E-state index contributed by atoms with van der Waals surface area (Å²) < 4.78 is 0. The molecule has 0 heterocycles. The fourth-order valence-corrected chi connectivity index (χ4v) is 257. The molecule has 0 aliphatic rings. The minimum atomic E-state index is -3.96. The first-order valence-corrected chi connectivity index (χ1v) is 46.9. The van der Waals surface area contributed by atoms with Gasteiger partial charge in [-0.1, -0.05) is 117 Å². The van der Waals surface area contributed by atoms with Crippen LogP contribution in [0.5, 0.6) is 0 Å². The van der Waals surface area contributed by atoms with E-state index in [1.165, 1.54) is 0 Å². The van der Waals surface area contributed by atoms with Gasteiger partial charge in [-0.2, -0.15) is 22.2 Å². The molecule has 0 radical (unpaired) electrons. The maximum Gasteiger partial charge on any atom is 0.358 e. The average molecular weight is 803 g/mol. The molecule has 0 bridgehead atoms. The molecule has 0 atom stereocenters. The summed E-state index contributed by atoms with van der Waals surface area (Å²) in [4.78, 5) is 0. The average Bonchev–Trinajstić information content (AvgIpc) is 2.73. The fraction of sp³-hybridized carbons (Fsp3) is 0.368. The second-order valence-electron chi connectivity index (χ2n) is 11.2. The van der Waals surface area contributed by atoms with Crippen molar-refractivity contribution in [1.82, 2.24) is 0 Å². The van der Waals surface area contributed by atoms with E-state index in [1.54, 1.807) is 0 Å². The Morgan fingerprint density at radius 2 is 0.750 bits per heavy atom. The third-order valence-corrected chi connectivity index (χ3v) is 193. The SMILES string of the molecule is C[Si](C)(C)[Si](C)(C)[Si](C)(C)[Si](c1ccccc1)(c1ccccc1)[Si](Cl)(Cl)[Si](Cl)(Cl)[Si](Cl)(Cl)[Si](Cl)(Cl)Cl. The van der Waals surface area contributed by atoms with Gasteiger partial charge in [-0.05, 0) is 0 Å². The Balaban J connectivity index is 3.26. The smallest absolute Gasteiger partial charge is 0.150 e. The maximum atomic E-state index is 7.90. The van der Waals surface area contributed by atoms with Crippen molar-refractivity contribution >= 4 is 162 Å². The Morgan fingerprint density at radius 3 is 1.03 bits per heavy atom. The van der Waals surface area contributed by atoms with Gasteiger partial charge < -0.3 is 0 Å². The number of rotatable bonds is 9. The highest BCUT2D eigenvalue weighted by atomic mass is 35.9. The van der Waals surface area contributed by atoms with Crippen molar-refractivity contribution in [1.29, 1.82) is 0 Å². The van der Waals surface area contributed by atoms with Crippen LogP contribution in [0.2, 0.25) is 45.8 Å². The first-order valence-electron chi connectivity index (χ1n) is 11.3. The molecule has 0 aromatic heterocycles. The monoisotopic (exact) mass is 798 g/mol. The molecule has 0 fully saturated rings. The van der Waals surface area contributed by atoms with Gasteiger partial charge in [0.05, 0.1) is 0 Å². The Labute approximate surface area is 265 Å². The summed E-state index contributed by atoms with van der Waals surface area (Å²) in [7, 11) is -9.22. The predicted molar refractivity (Wildman–Crippen MR) is 192 cm³/mol. The van der Waals surface area contributed by atoms with E-state index in [9.17, 15) is 0 Å². The van der Waals surface area contributed by atoms with Crippen molar-refractivity contribution in [3.63, 3.8) is 0 Å². The lowest BCUT2D eigenvalue weighted by atomic mass is 10.4. The molecule has 0 unspecified atom stereocenters. The fourth-order valence-electron chi connectivity index (χ4n) is 5.04. The Morgan fingerprint density at radius 1 is 0.417 bits per heavy atom. The van der Waals surface area contributed by atoms with Gasteiger partial charge in [-0.25, -0.2) is 0 Å². The quantitative estimate of drug-likeness (QED) is 0.176. The van der Waals surface area contributed by atoms with Gasteiger partial charge in [0.1, 0.15) is 7.11 Å². The van der Waals surface area contributed by atoms with Crippen molar-refractivity contribution in [2.45, 2.75) is 45.8 Å². The Hall–Kier alpha value is 2.79. The zero-order valence-corrected chi connectivity index (χ0v) is 36.0. The molecule has 0 N–H and O–H groups in total. The highest BCUT2D eigenvalue weighted by Crippen LogP contribution is 2.56. The summed E-state index contributed by atoms with van der Waals surface area (Å²) in [5.74, 6) is 0. The summed E-state index contributed by atoms with van der Waals surface area (Å²) in [5, 5.41) is 2.26. The lowest BCUT2D eigenvalue weighted by Crippen LogP contribution is -2.97. The van der Waals surface area contributed by atoms with Crippen LogP contribution in [0.1, 0.15) is 0 Å². The van der Waals surface area contributed by atoms with Crippen LogP contribution in [0.4, 0.5) is 0 Å². The van der Waals surface area contributed by atoms with Crippen LogP contribution in [0.3, 0.4) is 0 Å². The highest BCUT2D eigenvalue weighted by Gasteiger charge is 2.84. The topological polar surface area (TPSA) is 0 Å². The lowest BCUT2D eigenvalue weighted by molar-refractivity contribution is 1.71. The van der Waals surface area contributed by atoms with Crippen LogP contribution in [-0.4, -0.2) is 51.6 Å². The van der Waals surface area contributed by atoms with E-state index < -0.39 is 51.6 Å². The molecule has 0 aliphatic carbocycles. The molecule has 0 saturated heterocycles. The molecular weight excluding hydrogens is 772 g/mol. The van der Waals surface area contributed by atoms with E-state index >= 15 is 0 Å². The van der Waals surface area contributed by atoms with Crippen molar-refractivity contribution < 1.29 is 0 Å². The number of halogens is 9. The summed E-state index contributed by atoms with van der Waals surface area (Å²) in [6, 6.07) is 20.7. The van der Waals surface area contributed by atoms with Gasteiger partial charge >= 0.3 is 11.2 Å². The zero-order valence-electron chi connectivity index (χ0n) is 21.2. The van der Waals surface area contributed by atoms with E-state index in [4.69, 9.17) is 99.7 Å². The molecule has 0 nitrogen and oxygen atoms in total. The van der Waals surface area contributed by atoms with E-state index in [2.05, 4.69) is 70.1 Å². The van der Waals surface area contributed by atoms with Gasteiger partial charge in [-0.3, -0.25) is 0 Å². The van der Waals surface area contributed by atoms with E-state index in [0.29, 0.717) is 0 Å². The zero-order chi connectivity index (χ0) is 28.2. The van der Waals surface area contributed by atoms with Crippen LogP contribution in [-0.2, 0) is 0 Å². The van der Waals surface area contributed by atoms with Crippen LogP contribution < -0.4 is 10.4 Å². The first kappa shape index (κ1) is 35.0. The second kappa shape index (κ2) is 11.5. The van der Waals surface area contributed by atoms with Gasteiger partial charge in [0.2, 0.25) is 0 Å². The van der Waals surface area contributed by atoms with Crippen molar-refractivity contribution in [3.05, 3.63) is 60.7 Å². The number of hydrogen-bond donors (Lipinski definition) is 0. The summed E-state index contributed by atoms with van der Waals surface area (Å²) in [6.45, 7) is 17.3. The molecular formula is C19H31Cl9Si8. The molecule has 0 amide bonds. The number of benzene rings is 2. The lowest BCUT2D eigenvalue weighted by Gasteiger charge is -2.61. The largest absolute Gasteiger partial charge is 0.358 e. The van der Waals surface area contributed by atoms with Crippen LogP contribution in [0.25, 0.3) is 0 Å². The van der Waals surface area contributed by atoms with E-state index in [0.717, 1.165) is 10.4 Å². The molecule has 2 rings (SSSR count). The Kier molecular flexibility index (Phi) is 11.1. The molecule has 0 aliphatic heterocycles. The molecule has 17 heteroatoms. The first-order chi connectivity index (χ1) is 16.0. The van der Waals surface area contributed by atoms with Gasteiger partial charge in [-0.15, -0.1) is 77.6 Å². The maximum absolute atomic E-state index is 7.90. The summed E-state index contributed by atoms with van der Waals surface area (Å²) >= 11 is 64.2. The van der Waals surface area contributed by atoms with Crippen molar-refractivity contribution in [2.24, 2.45) is 0 Å². The van der Waals surface area contributed by atoms with E-state index in [1.807, 2.05) is 36.4 Å². The standard InChI is InChI=1S/C19H31Cl9Si8/c1-29(2,3)30(4,5)31(6,7)32(18-14-10-8-11-15-18,19-16-12-9-13-17-19)34(23,24)36(27,28)35(25,26)33(20,21)22/h8-17H,1-7H3. The number of hydrogen-bond acceptors (Lipinski definition) is 0. The van der Waals surface area contributed by atoms with Crippen molar-refractivity contribution in [3.8, 4) is 0 Å². The third-order valence-electron chi connectivity index (χ3n) is 8.40. The molecule has 0 spiro atoms.